The van der Waals surface area contributed by atoms with Crippen molar-refractivity contribution in [3.63, 3.8) is 0 Å². The molecule has 308 valence electrons. The fraction of sp³-hybridized carbons (Fsp3) is 0.550. The number of likely N-dealkylation sites (N-methyl/N-ethyl adjacent to an activating group) is 1. The van der Waals surface area contributed by atoms with E-state index in [4.69, 9.17) is 28.7 Å². The standard InChI is InChI=1S/C40H46F2N8O7S/c1-39(2,3)56-37(51)47-35-23(12-43)28-31(44-13-26(41)33(28)58-35)27-24-18-53-19-25(24)29-32(30(27)42)45-36(55-17-22-16-48(7)10-11-54-22)46-34(29)50-20-8-9-21(50)15-49(14-20)38(52)57-40(4,5)6/h13,20-22H,8-11,14-19H2,1-7H3,(H,47,51)/t20?,21?,22-/m1/s1. The molecule has 0 aliphatic carbocycles. The van der Waals surface area contributed by atoms with Crippen molar-refractivity contribution in [3.8, 4) is 23.3 Å². The van der Waals surface area contributed by atoms with Gasteiger partial charge < -0.3 is 38.4 Å². The van der Waals surface area contributed by atoms with Gasteiger partial charge in [-0.25, -0.2) is 18.4 Å². The summed E-state index contributed by atoms with van der Waals surface area (Å²) in [5.74, 6) is -1.07. The molecule has 2 amide bonds. The third-order valence-electron chi connectivity index (χ3n) is 10.5. The molecule has 1 aromatic carbocycles. The number of hydrogen-bond donors (Lipinski definition) is 1. The summed E-state index contributed by atoms with van der Waals surface area (Å²) in [6.45, 7) is 13.5. The Morgan fingerprint density at radius 2 is 1.72 bits per heavy atom. The van der Waals surface area contributed by atoms with Gasteiger partial charge in [0.1, 0.15) is 46.3 Å². The zero-order valence-corrected chi connectivity index (χ0v) is 34.3. The molecule has 0 spiro atoms. The van der Waals surface area contributed by atoms with Crippen molar-refractivity contribution in [2.24, 2.45) is 0 Å². The van der Waals surface area contributed by atoms with Gasteiger partial charge in [-0.2, -0.15) is 15.2 Å². The molecule has 1 N–H and O–H groups in total. The SMILES string of the molecule is CN1CCO[C@@H](COc2nc(N3C4CCC3CN(C(=O)OC(C)(C)C)C4)c3c4c(c(-c5ncc(F)c6sc(NC(=O)OC(C)(C)C)c(C#N)c56)c(F)c3n2)COC4)C1. The van der Waals surface area contributed by atoms with Gasteiger partial charge in [0.05, 0.1) is 47.4 Å². The van der Waals surface area contributed by atoms with E-state index in [9.17, 15) is 14.9 Å². The van der Waals surface area contributed by atoms with Crippen LogP contribution in [0.25, 0.3) is 32.2 Å². The Bertz CT molecular complexity index is 2340. The Hall–Kier alpha value is -4.96. The average molecular weight is 821 g/mol. The Kier molecular flexibility index (Phi) is 10.3. The zero-order chi connectivity index (χ0) is 41.3. The molecule has 18 heteroatoms. The molecule has 2 bridgehead atoms. The number of pyridine rings is 1. The van der Waals surface area contributed by atoms with Crippen LogP contribution in [0, 0.1) is 23.0 Å². The second kappa shape index (κ2) is 15.0. The summed E-state index contributed by atoms with van der Waals surface area (Å²) in [6, 6.07) is 1.69. The molecule has 3 saturated heterocycles. The number of nitrogens with zero attached hydrogens (tertiary/aromatic N) is 7. The van der Waals surface area contributed by atoms with E-state index >= 15 is 8.78 Å². The topological polar surface area (TPSA) is 165 Å². The normalized spacial score (nSPS) is 21.0. The predicted octanol–water partition coefficient (Wildman–Crippen LogP) is 6.73. The summed E-state index contributed by atoms with van der Waals surface area (Å²) >= 11 is 0.830. The van der Waals surface area contributed by atoms with Gasteiger partial charge in [-0.15, -0.1) is 11.3 Å². The van der Waals surface area contributed by atoms with Crippen LogP contribution < -0.4 is 15.0 Å². The molecule has 8 rings (SSSR count). The molecule has 4 aliphatic rings. The lowest BCUT2D eigenvalue weighted by Crippen LogP contribution is -2.56. The highest BCUT2D eigenvalue weighted by atomic mass is 32.1. The predicted molar refractivity (Wildman–Crippen MR) is 211 cm³/mol. The lowest BCUT2D eigenvalue weighted by Gasteiger charge is -2.42. The van der Waals surface area contributed by atoms with Gasteiger partial charge in [0.25, 0.3) is 0 Å². The Balaban J connectivity index is 1.28. The number of ether oxygens (including phenoxy) is 5. The number of morpholine rings is 1. The monoisotopic (exact) mass is 820 g/mol. The van der Waals surface area contributed by atoms with Crippen molar-refractivity contribution in [2.45, 2.75) is 97.0 Å². The maximum atomic E-state index is 17.8. The van der Waals surface area contributed by atoms with Crippen molar-refractivity contribution in [1.82, 2.24) is 24.8 Å². The number of benzene rings is 1. The first-order chi connectivity index (χ1) is 27.5. The number of nitriles is 1. The number of anilines is 2. The number of hydrogen-bond acceptors (Lipinski definition) is 14. The van der Waals surface area contributed by atoms with Crippen LogP contribution in [0.4, 0.5) is 29.2 Å². The fourth-order valence-corrected chi connectivity index (χ4v) is 9.24. The molecular formula is C40H46F2N8O7S. The van der Waals surface area contributed by atoms with Gasteiger partial charge in [-0.1, -0.05) is 0 Å². The van der Waals surface area contributed by atoms with E-state index in [0.717, 1.165) is 36.9 Å². The number of aromatic nitrogens is 3. The van der Waals surface area contributed by atoms with E-state index in [2.05, 4.69) is 31.2 Å². The summed E-state index contributed by atoms with van der Waals surface area (Å²) in [7, 11) is 1.99. The van der Waals surface area contributed by atoms with E-state index < -0.39 is 35.0 Å². The van der Waals surface area contributed by atoms with Gasteiger partial charge in [0.15, 0.2) is 11.6 Å². The summed E-state index contributed by atoms with van der Waals surface area (Å²) in [4.78, 5) is 46.1. The summed E-state index contributed by atoms with van der Waals surface area (Å²) in [5, 5.41) is 13.5. The first-order valence-corrected chi connectivity index (χ1v) is 20.1. The molecule has 3 fully saturated rings. The number of thiophene rings is 1. The summed E-state index contributed by atoms with van der Waals surface area (Å²) in [5.41, 5.74) is -0.580. The number of carbonyl (C=O) groups is 2. The van der Waals surface area contributed by atoms with Crippen molar-refractivity contribution in [1.29, 1.82) is 5.26 Å². The first kappa shape index (κ1) is 39.8. The summed E-state index contributed by atoms with van der Waals surface area (Å²) in [6.07, 6.45) is 1.00. The number of likely N-dealkylation sites (tertiary alicyclic amines) is 1. The molecule has 0 saturated carbocycles. The van der Waals surface area contributed by atoms with Crippen molar-refractivity contribution in [2.75, 3.05) is 56.7 Å². The van der Waals surface area contributed by atoms with Gasteiger partial charge in [0, 0.05) is 49.2 Å². The minimum absolute atomic E-state index is 0.00335. The molecule has 3 aromatic heterocycles. The number of halogens is 2. The third kappa shape index (κ3) is 7.56. The smallest absolute Gasteiger partial charge is 0.412 e. The number of fused-ring (bicyclic) bond motifs is 6. The Labute approximate surface area is 338 Å². The fourth-order valence-electron chi connectivity index (χ4n) is 8.20. The Morgan fingerprint density at radius 3 is 2.40 bits per heavy atom. The van der Waals surface area contributed by atoms with Crippen LogP contribution >= 0.6 is 11.3 Å². The van der Waals surface area contributed by atoms with Crippen LogP contribution in [0.5, 0.6) is 6.01 Å². The Morgan fingerprint density at radius 1 is 1.02 bits per heavy atom. The lowest BCUT2D eigenvalue weighted by atomic mass is 9.93. The van der Waals surface area contributed by atoms with E-state index in [1.165, 1.54) is 0 Å². The molecule has 4 aromatic rings. The van der Waals surface area contributed by atoms with Crippen LogP contribution in [-0.4, -0.2) is 113 Å². The molecule has 4 aliphatic heterocycles. The number of nitrogens with one attached hydrogen (secondary N) is 1. The molecule has 3 atom stereocenters. The van der Waals surface area contributed by atoms with E-state index in [-0.39, 0.29) is 81.4 Å². The van der Waals surface area contributed by atoms with Gasteiger partial charge in [0.2, 0.25) is 0 Å². The minimum atomic E-state index is -0.839. The second-order valence-corrected chi connectivity index (χ2v) is 18.2. The number of amides is 2. The average Bonchev–Trinajstić information content (AvgIpc) is 3.83. The maximum absolute atomic E-state index is 17.8. The maximum Gasteiger partial charge on any atom is 0.412 e. The third-order valence-corrected chi connectivity index (χ3v) is 11.6. The molecule has 2 unspecified atom stereocenters. The molecule has 15 nitrogen and oxygen atoms in total. The van der Waals surface area contributed by atoms with E-state index in [0.29, 0.717) is 48.6 Å². The van der Waals surface area contributed by atoms with Crippen LogP contribution in [0.15, 0.2) is 6.20 Å². The van der Waals surface area contributed by atoms with Gasteiger partial charge >= 0.3 is 18.2 Å². The molecule has 0 radical (unpaired) electrons. The second-order valence-electron chi connectivity index (χ2n) is 17.1. The molecular weight excluding hydrogens is 775 g/mol. The molecule has 7 heterocycles. The quantitative estimate of drug-likeness (QED) is 0.218. The van der Waals surface area contributed by atoms with Crippen molar-refractivity contribution in [3.05, 3.63) is 34.5 Å². The lowest BCUT2D eigenvalue weighted by molar-refractivity contribution is -0.0416. The highest BCUT2D eigenvalue weighted by molar-refractivity contribution is 7.23. The zero-order valence-electron chi connectivity index (χ0n) is 33.5. The van der Waals surface area contributed by atoms with Gasteiger partial charge in [-0.05, 0) is 72.6 Å². The van der Waals surface area contributed by atoms with Gasteiger partial charge in [-0.3, -0.25) is 10.3 Å². The highest BCUT2D eigenvalue weighted by Crippen LogP contribution is 2.48. The number of carbonyl (C=O) groups excluding carboxylic acids is 2. The highest BCUT2D eigenvalue weighted by Gasteiger charge is 2.45. The first-order valence-electron chi connectivity index (χ1n) is 19.3. The van der Waals surface area contributed by atoms with E-state index in [1.54, 1.807) is 25.7 Å². The van der Waals surface area contributed by atoms with Crippen LogP contribution in [0.2, 0.25) is 0 Å². The number of piperazine rings is 1. The largest absolute Gasteiger partial charge is 0.461 e. The van der Waals surface area contributed by atoms with E-state index in [1.807, 2.05) is 27.8 Å². The van der Waals surface area contributed by atoms with Crippen LogP contribution in [0.1, 0.15) is 71.1 Å². The van der Waals surface area contributed by atoms with Crippen molar-refractivity contribution >= 4 is 55.3 Å². The molecule has 58 heavy (non-hydrogen) atoms. The van der Waals surface area contributed by atoms with Crippen LogP contribution in [0.3, 0.4) is 0 Å². The number of rotatable bonds is 6. The minimum Gasteiger partial charge on any atom is -0.461 e. The van der Waals surface area contributed by atoms with Crippen LogP contribution in [-0.2, 0) is 32.2 Å². The van der Waals surface area contributed by atoms with Crippen molar-refractivity contribution < 1.29 is 42.1 Å². The summed E-state index contributed by atoms with van der Waals surface area (Å²) < 4.78 is 62.6.